The molecule has 25 heavy (non-hydrogen) atoms. The molecule has 1 saturated heterocycles. The fourth-order valence-corrected chi connectivity index (χ4v) is 5.10. The smallest absolute Gasteiger partial charge is 0.0907 e. The van der Waals surface area contributed by atoms with Gasteiger partial charge in [0.15, 0.2) is 0 Å². The number of fused-ring (bicyclic) bond motifs is 1. The van der Waals surface area contributed by atoms with Crippen LogP contribution in [0, 0.1) is 0 Å². The van der Waals surface area contributed by atoms with E-state index < -0.39 is 0 Å². The molecule has 0 amide bonds. The second-order valence-corrected chi connectivity index (χ2v) is 8.34. The van der Waals surface area contributed by atoms with Gasteiger partial charge in [-0.15, -0.1) is 11.8 Å². The monoisotopic (exact) mass is 381 g/mol. The Balaban J connectivity index is 1.50. The van der Waals surface area contributed by atoms with Crippen LogP contribution < -0.4 is 10.6 Å². The number of aliphatic imine (C=N–C) groups is 1. The first-order chi connectivity index (χ1) is 12.2. The fraction of sp³-hybridized carbons (Fsp3) is 0.611. The maximum Gasteiger partial charge on any atom is 0.0907 e. The number of rotatable bonds is 5. The number of nitrogens with zero attached hydrogens (tertiary/aromatic N) is 1. The molecule has 3 aliphatic heterocycles. The van der Waals surface area contributed by atoms with Crippen LogP contribution in [0.2, 0.25) is 5.02 Å². The van der Waals surface area contributed by atoms with Crippen molar-refractivity contribution in [2.45, 2.75) is 43.8 Å². The number of ether oxygens (including phenoxy) is 1. The summed E-state index contributed by atoms with van der Waals surface area (Å²) in [5, 5.41) is 18.4. The molecule has 0 bridgehead atoms. The number of hydrogen-bond donors (Lipinski definition) is 3. The lowest BCUT2D eigenvalue weighted by atomic mass is 10.1. The second-order valence-electron chi connectivity index (χ2n) is 6.86. The first-order valence-corrected chi connectivity index (χ1v) is 10.3. The van der Waals surface area contributed by atoms with E-state index >= 15 is 0 Å². The molecule has 136 valence electrons. The second kappa shape index (κ2) is 7.74. The summed E-state index contributed by atoms with van der Waals surface area (Å²) in [5.74, 6) is 0.971. The number of anilines is 2. The zero-order valence-electron chi connectivity index (χ0n) is 14.1. The summed E-state index contributed by atoms with van der Waals surface area (Å²) in [6, 6.07) is 4.98. The van der Waals surface area contributed by atoms with Crippen LogP contribution in [0.4, 0.5) is 11.4 Å². The molecule has 3 aliphatic rings. The van der Waals surface area contributed by atoms with Gasteiger partial charge in [-0.3, -0.25) is 4.99 Å². The van der Waals surface area contributed by atoms with Crippen LogP contribution in [0.1, 0.15) is 24.8 Å². The molecule has 0 saturated carbocycles. The third-order valence-electron chi connectivity index (χ3n) is 5.00. The summed E-state index contributed by atoms with van der Waals surface area (Å²) in [5.41, 5.74) is 3.50. The number of aliphatic hydroxyl groups is 1. The van der Waals surface area contributed by atoms with Crippen molar-refractivity contribution in [1.82, 2.24) is 0 Å². The van der Waals surface area contributed by atoms with E-state index in [1.54, 1.807) is 0 Å². The Morgan fingerprint density at radius 3 is 3.00 bits per heavy atom. The van der Waals surface area contributed by atoms with E-state index in [1.807, 2.05) is 17.8 Å². The molecule has 0 spiro atoms. The van der Waals surface area contributed by atoms with Gasteiger partial charge >= 0.3 is 0 Å². The third-order valence-corrected chi connectivity index (χ3v) is 6.46. The van der Waals surface area contributed by atoms with Gasteiger partial charge in [0, 0.05) is 43.1 Å². The summed E-state index contributed by atoms with van der Waals surface area (Å²) in [6.45, 7) is 1.83. The average molecular weight is 382 g/mol. The molecule has 3 heterocycles. The highest BCUT2D eigenvalue weighted by Gasteiger charge is 2.31. The quantitative estimate of drug-likeness (QED) is 0.731. The molecule has 0 radical (unpaired) electrons. The molecular formula is C18H24ClN3O2S. The average Bonchev–Trinajstić information content (AvgIpc) is 3.23. The molecule has 1 aromatic rings. The van der Waals surface area contributed by atoms with Crippen LogP contribution in [0.15, 0.2) is 17.1 Å². The van der Waals surface area contributed by atoms with Gasteiger partial charge < -0.3 is 20.5 Å². The summed E-state index contributed by atoms with van der Waals surface area (Å²) in [7, 11) is 0. The predicted octanol–water partition coefficient (Wildman–Crippen LogP) is 3.16. The molecular weight excluding hydrogens is 358 g/mol. The summed E-state index contributed by atoms with van der Waals surface area (Å²) in [4.78, 5) is 4.80. The summed E-state index contributed by atoms with van der Waals surface area (Å²) < 4.78 is 5.45. The van der Waals surface area contributed by atoms with Gasteiger partial charge in [0.05, 0.1) is 28.5 Å². The van der Waals surface area contributed by atoms with Gasteiger partial charge in [-0.1, -0.05) is 11.6 Å². The topological polar surface area (TPSA) is 65.9 Å². The lowest BCUT2D eigenvalue weighted by Crippen LogP contribution is -2.28. The minimum atomic E-state index is 0.203. The lowest BCUT2D eigenvalue weighted by molar-refractivity contribution is 0.0904. The molecule has 4 rings (SSSR count). The van der Waals surface area contributed by atoms with E-state index in [9.17, 15) is 0 Å². The van der Waals surface area contributed by atoms with Crippen molar-refractivity contribution in [2.24, 2.45) is 4.99 Å². The van der Waals surface area contributed by atoms with Gasteiger partial charge in [-0.05, 0) is 37.0 Å². The van der Waals surface area contributed by atoms with Crippen LogP contribution in [0.5, 0.6) is 0 Å². The molecule has 0 aliphatic carbocycles. The van der Waals surface area contributed by atoms with Crippen molar-refractivity contribution in [3.05, 3.63) is 22.7 Å². The zero-order valence-corrected chi connectivity index (χ0v) is 15.7. The van der Waals surface area contributed by atoms with Crippen LogP contribution in [-0.4, -0.2) is 53.8 Å². The molecule has 2 atom stereocenters. The molecule has 5 nitrogen and oxygen atoms in total. The highest BCUT2D eigenvalue weighted by atomic mass is 35.5. The van der Waals surface area contributed by atoms with E-state index in [0.29, 0.717) is 6.04 Å². The molecule has 1 unspecified atom stereocenters. The number of nitrogens with one attached hydrogen (secondary N) is 2. The Bertz CT molecular complexity index is 664. The largest absolute Gasteiger partial charge is 0.396 e. The van der Waals surface area contributed by atoms with Crippen molar-refractivity contribution in [3.8, 4) is 0 Å². The van der Waals surface area contributed by atoms with Crippen molar-refractivity contribution >= 4 is 39.8 Å². The van der Waals surface area contributed by atoms with Crippen LogP contribution >= 0.6 is 23.4 Å². The Morgan fingerprint density at radius 1 is 1.36 bits per heavy atom. The number of hydrogen-bond acceptors (Lipinski definition) is 6. The van der Waals surface area contributed by atoms with Gasteiger partial charge in [0.25, 0.3) is 0 Å². The fourth-order valence-electron chi connectivity index (χ4n) is 3.69. The van der Waals surface area contributed by atoms with E-state index in [2.05, 4.69) is 16.7 Å². The zero-order chi connectivity index (χ0) is 17.2. The standard InChI is InChI=1S/C18H24ClN3O2S/c19-12-7-11-8-16(18-21-14(1-4-23)10-25-18)22-17(11)15(9-12)20-13-2-5-24-6-3-13/h7,9,13-14,16,20,22-23H,1-6,8,10H2/t14-,16?/m1/s1. The van der Waals surface area contributed by atoms with Crippen molar-refractivity contribution in [2.75, 3.05) is 36.2 Å². The number of halogens is 1. The molecule has 1 aromatic carbocycles. The van der Waals surface area contributed by atoms with Crippen LogP contribution in [-0.2, 0) is 11.2 Å². The minimum Gasteiger partial charge on any atom is -0.396 e. The summed E-state index contributed by atoms with van der Waals surface area (Å²) in [6.07, 6.45) is 3.71. The Morgan fingerprint density at radius 2 is 2.20 bits per heavy atom. The molecule has 3 N–H and O–H groups in total. The maximum absolute atomic E-state index is 9.12. The predicted molar refractivity (Wildman–Crippen MR) is 105 cm³/mol. The molecule has 7 heteroatoms. The Labute approximate surface area is 157 Å². The van der Waals surface area contributed by atoms with Gasteiger partial charge in [-0.2, -0.15) is 0 Å². The van der Waals surface area contributed by atoms with Gasteiger partial charge in [-0.25, -0.2) is 0 Å². The Hall–Kier alpha value is -0.950. The highest BCUT2D eigenvalue weighted by molar-refractivity contribution is 8.14. The van der Waals surface area contributed by atoms with Gasteiger partial charge in [0.1, 0.15) is 0 Å². The first kappa shape index (κ1) is 17.5. The van der Waals surface area contributed by atoms with Gasteiger partial charge in [0.2, 0.25) is 0 Å². The maximum atomic E-state index is 9.12. The number of thioether (sulfide) groups is 1. The van der Waals surface area contributed by atoms with Crippen LogP contribution in [0.3, 0.4) is 0 Å². The SMILES string of the molecule is OCC[C@@H]1CSC(C2Cc3cc(Cl)cc(NC4CCOCC4)c3N2)=N1. The number of benzene rings is 1. The number of aliphatic hydroxyl groups excluding tert-OH is 1. The van der Waals surface area contributed by atoms with Crippen molar-refractivity contribution in [3.63, 3.8) is 0 Å². The molecule has 0 aromatic heterocycles. The first-order valence-electron chi connectivity index (χ1n) is 8.97. The minimum absolute atomic E-state index is 0.203. The Kier molecular flexibility index (Phi) is 5.41. The van der Waals surface area contributed by atoms with E-state index in [4.69, 9.17) is 26.4 Å². The lowest BCUT2D eigenvalue weighted by Gasteiger charge is -2.25. The van der Waals surface area contributed by atoms with E-state index in [-0.39, 0.29) is 18.7 Å². The van der Waals surface area contributed by atoms with Crippen molar-refractivity contribution < 1.29 is 9.84 Å². The van der Waals surface area contributed by atoms with Crippen LogP contribution in [0.25, 0.3) is 0 Å². The summed E-state index contributed by atoms with van der Waals surface area (Å²) >= 11 is 8.17. The third kappa shape index (κ3) is 3.92. The molecule has 1 fully saturated rings. The van der Waals surface area contributed by atoms with Crippen molar-refractivity contribution in [1.29, 1.82) is 0 Å². The van der Waals surface area contributed by atoms with E-state index in [0.717, 1.165) is 66.1 Å². The normalized spacial score (nSPS) is 26.2. The van der Waals surface area contributed by atoms with E-state index in [1.165, 1.54) is 5.56 Å². The highest BCUT2D eigenvalue weighted by Crippen LogP contribution is 2.39.